The van der Waals surface area contributed by atoms with E-state index in [-0.39, 0.29) is 5.91 Å². The van der Waals surface area contributed by atoms with Crippen LogP contribution in [0.3, 0.4) is 0 Å². The smallest absolute Gasteiger partial charge is 0.256 e. The number of anilines is 1. The molecule has 1 unspecified atom stereocenters. The van der Waals surface area contributed by atoms with E-state index < -0.39 is 5.60 Å². The van der Waals surface area contributed by atoms with Gasteiger partial charge in [-0.15, -0.1) is 0 Å². The third kappa shape index (κ3) is 4.24. The number of benzene rings is 1. The SMILES string of the molecule is CCCCC(C)(OC)C(=O)Nc1ccc(OC)cc1. The van der Waals surface area contributed by atoms with Crippen LogP contribution in [-0.4, -0.2) is 25.7 Å². The zero-order valence-corrected chi connectivity index (χ0v) is 12.2. The summed E-state index contributed by atoms with van der Waals surface area (Å²) in [5.74, 6) is 0.645. The molecule has 4 heteroatoms. The van der Waals surface area contributed by atoms with E-state index in [1.807, 2.05) is 31.2 Å². The number of carbonyl (C=O) groups excluding carboxylic acids is 1. The molecule has 1 rings (SSSR count). The van der Waals surface area contributed by atoms with Crippen LogP contribution < -0.4 is 10.1 Å². The first-order chi connectivity index (χ1) is 9.05. The van der Waals surface area contributed by atoms with Gasteiger partial charge in [-0.1, -0.05) is 19.8 Å². The maximum atomic E-state index is 12.3. The van der Waals surface area contributed by atoms with E-state index in [2.05, 4.69) is 12.2 Å². The second-order valence-corrected chi connectivity index (χ2v) is 4.72. The monoisotopic (exact) mass is 265 g/mol. The minimum absolute atomic E-state index is 0.117. The lowest BCUT2D eigenvalue weighted by molar-refractivity contribution is -0.136. The van der Waals surface area contributed by atoms with Crippen LogP contribution >= 0.6 is 0 Å². The molecule has 0 saturated carbocycles. The molecule has 1 aromatic carbocycles. The summed E-state index contributed by atoms with van der Waals surface area (Å²) in [4.78, 5) is 12.3. The second-order valence-electron chi connectivity index (χ2n) is 4.72. The van der Waals surface area contributed by atoms with Gasteiger partial charge in [-0.2, -0.15) is 0 Å². The molecule has 0 aromatic heterocycles. The zero-order chi connectivity index (χ0) is 14.3. The highest BCUT2D eigenvalue weighted by molar-refractivity contribution is 5.97. The highest BCUT2D eigenvalue weighted by atomic mass is 16.5. The topological polar surface area (TPSA) is 47.6 Å². The quantitative estimate of drug-likeness (QED) is 0.823. The van der Waals surface area contributed by atoms with Gasteiger partial charge in [0.15, 0.2) is 0 Å². The lowest BCUT2D eigenvalue weighted by Crippen LogP contribution is -2.41. The largest absolute Gasteiger partial charge is 0.497 e. The molecule has 0 aliphatic heterocycles. The van der Waals surface area contributed by atoms with Crippen LogP contribution in [0.2, 0.25) is 0 Å². The molecule has 0 radical (unpaired) electrons. The highest BCUT2D eigenvalue weighted by Crippen LogP contribution is 2.22. The molecule has 1 atom stereocenters. The minimum Gasteiger partial charge on any atom is -0.497 e. The van der Waals surface area contributed by atoms with Gasteiger partial charge in [0.05, 0.1) is 7.11 Å². The summed E-state index contributed by atoms with van der Waals surface area (Å²) < 4.78 is 10.5. The van der Waals surface area contributed by atoms with Crippen molar-refractivity contribution in [3.8, 4) is 5.75 Å². The van der Waals surface area contributed by atoms with Crippen molar-refractivity contribution in [1.82, 2.24) is 0 Å². The summed E-state index contributed by atoms with van der Waals surface area (Å²) in [6.45, 7) is 3.92. The third-order valence-electron chi connectivity index (χ3n) is 3.29. The number of ether oxygens (including phenoxy) is 2. The number of nitrogens with one attached hydrogen (secondary N) is 1. The molecular formula is C15H23NO3. The number of unbranched alkanes of at least 4 members (excludes halogenated alkanes) is 1. The lowest BCUT2D eigenvalue weighted by atomic mass is 9.97. The van der Waals surface area contributed by atoms with Gasteiger partial charge in [-0.05, 0) is 37.6 Å². The Morgan fingerprint density at radius 1 is 1.26 bits per heavy atom. The van der Waals surface area contributed by atoms with Gasteiger partial charge < -0.3 is 14.8 Å². The van der Waals surface area contributed by atoms with Gasteiger partial charge in [0.1, 0.15) is 11.4 Å². The molecule has 4 nitrogen and oxygen atoms in total. The Hall–Kier alpha value is -1.55. The molecule has 1 N–H and O–H groups in total. The van der Waals surface area contributed by atoms with Gasteiger partial charge in [-0.3, -0.25) is 4.79 Å². The maximum Gasteiger partial charge on any atom is 0.256 e. The number of carbonyl (C=O) groups is 1. The lowest BCUT2D eigenvalue weighted by Gasteiger charge is -2.26. The number of hydrogen-bond donors (Lipinski definition) is 1. The summed E-state index contributed by atoms with van der Waals surface area (Å²) in [6, 6.07) is 7.25. The molecule has 0 saturated heterocycles. The van der Waals surface area contributed by atoms with Crippen molar-refractivity contribution in [1.29, 1.82) is 0 Å². The number of amides is 1. The van der Waals surface area contributed by atoms with Gasteiger partial charge >= 0.3 is 0 Å². The first kappa shape index (κ1) is 15.5. The van der Waals surface area contributed by atoms with E-state index in [1.54, 1.807) is 14.2 Å². The molecule has 1 amide bonds. The van der Waals surface area contributed by atoms with Crippen molar-refractivity contribution in [3.63, 3.8) is 0 Å². The van der Waals surface area contributed by atoms with E-state index in [9.17, 15) is 4.79 Å². The van der Waals surface area contributed by atoms with Crippen LogP contribution in [0.15, 0.2) is 24.3 Å². The van der Waals surface area contributed by atoms with Gasteiger partial charge in [-0.25, -0.2) is 0 Å². The van der Waals surface area contributed by atoms with E-state index >= 15 is 0 Å². The minimum atomic E-state index is -0.782. The van der Waals surface area contributed by atoms with Gasteiger partial charge in [0, 0.05) is 12.8 Å². The average molecular weight is 265 g/mol. The van der Waals surface area contributed by atoms with Crippen LogP contribution in [-0.2, 0) is 9.53 Å². The Bertz CT molecular complexity index is 402. The van der Waals surface area contributed by atoms with Crippen LogP contribution in [0.4, 0.5) is 5.69 Å². The Labute approximate surface area is 115 Å². The maximum absolute atomic E-state index is 12.3. The molecule has 0 aliphatic rings. The van der Waals surface area contributed by atoms with Crippen molar-refractivity contribution in [2.75, 3.05) is 19.5 Å². The normalized spacial score (nSPS) is 13.7. The number of methoxy groups -OCH3 is 2. The van der Waals surface area contributed by atoms with E-state index in [1.165, 1.54) is 0 Å². The van der Waals surface area contributed by atoms with E-state index in [4.69, 9.17) is 9.47 Å². The van der Waals surface area contributed by atoms with Crippen molar-refractivity contribution < 1.29 is 14.3 Å². The molecule has 0 spiro atoms. The van der Waals surface area contributed by atoms with Crippen LogP contribution in [0.25, 0.3) is 0 Å². The standard InChI is InChI=1S/C15H23NO3/c1-5-6-11-15(2,19-4)14(17)16-12-7-9-13(18-3)10-8-12/h7-10H,5-6,11H2,1-4H3,(H,16,17). The van der Waals surface area contributed by atoms with Crippen LogP contribution in [0.1, 0.15) is 33.1 Å². The third-order valence-corrected chi connectivity index (χ3v) is 3.29. The predicted molar refractivity (Wildman–Crippen MR) is 76.6 cm³/mol. The van der Waals surface area contributed by atoms with Gasteiger partial charge in [0.25, 0.3) is 5.91 Å². The average Bonchev–Trinajstić information content (AvgIpc) is 2.45. The summed E-state index contributed by atoms with van der Waals surface area (Å²) in [5.41, 5.74) is -0.0405. The molecule has 0 aliphatic carbocycles. The Morgan fingerprint density at radius 3 is 2.37 bits per heavy atom. The fraction of sp³-hybridized carbons (Fsp3) is 0.533. The van der Waals surface area contributed by atoms with Crippen molar-refractivity contribution in [3.05, 3.63) is 24.3 Å². The van der Waals surface area contributed by atoms with Crippen molar-refractivity contribution in [2.45, 2.75) is 38.7 Å². The molecule has 106 valence electrons. The van der Waals surface area contributed by atoms with E-state index in [0.717, 1.165) is 24.3 Å². The molecular weight excluding hydrogens is 242 g/mol. The molecule has 0 bridgehead atoms. The molecule has 19 heavy (non-hydrogen) atoms. The highest BCUT2D eigenvalue weighted by Gasteiger charge is 2.32. The second kappa shape index (κ2) is 7.14. The fourth-order valence-corrected chi connectivity index (χ4v) is 1.76. The summed E-state index contributed by atoms with van der Waals surface area (Å²) in [5, 5.41) is 2.87. The Balaban J connectivity index is 2.70. The predicted octanol–water partition coefficient (Wildman–Crippen LogP) is 3.23. The zero-order valence-electron chi connectivity index (χ0n) is 12.2. The summed E-state index contributed by atoms with van der Waals surface area (Å²) >= 11 is 0. The van der Waals surface area contributed by atoms with Crippen LogP contribution in [0, 0.1) is 0 Å². The number of hydrogen-bond acceptors (Lipinski definition) is 3. The number of rotatable bonds is 7. The van der Waals surface area contributed by atoms with Crippen molar-refractivity contribution >= 4 is 11.6 Å². The Kier molecular flexibility index (Phi) is 5.83. The van der Waals surface area contributed by atoms with Crippen molar-refractivity contribution in [2.24, 2.45) is 0 Å². The summed E-state index contributed by atoms with van der Waals surface area (Å²) in [6.07, 6.45) is 2.71. The van der Waals surface area contributed by atoms with E-state index in [0.29, 0.717) is 6.42 Å². The Morgan fingerprint density at radius 2 is 1.89 bits per heavy atom. The van der Waals surface area contributed by atoms with Gasteiger partial charge in [0.2, 0.25) is 0 Å². The fourth-order valence-electron chi connectivity index (χ4n) is 1.76. The molecule has 1 aromatic rings. The summed E-state index contributed by atoms with van der Waals surface area (Å²) in [7, 11) is 3.18. The molecule has 0 fully saturated rings. The van der Waals surface area contributed by atoms with Crippen LogP contribution in [0.5, 0.6) is 5.75 Å². The first-order valence-electron chi connectivity index (χ1n) is 6.56. The molecule has 0 heterocycles. The first-order valence-corrected chi connectivity index (χ1v) is 6.56.